The molecule has 3 aromatic heterocycles. The molecule has 10 aromatic rings. The Hall–Kier alpha value is -7.17. The summed E-state index contributed by atoms with van der Waals surface area (Å²) < 4.78 is 9.20. The van der Waals surface area contributed by atoms with E-state index in [2.05, 4.69) is 198 Å². The molecular formula is C52H35N3O. The Morgan fingerprint density at radius 1 is 0.589 bits per heavy atom. The quantitative estimate of drug-likeness (QED) is 0.182. The number of pyridine rings is 1. The maximum absolute atomic E-state index is 6.74. The van der Waals surface area contributed by atoms with Gasteiger partial charge in [-0.3, -0.25) is 0 Å². The fourth-order valence-corrected chi connectivity index (χ4v) is 9.59. The highest BCUT2D eigenvalue weighted by molar-refractivity contribution is 6.12. The first kappa shape index (κ1) is 31.2. The van der Waals surface area contributed by atoms with Crippen molar-refractivity contribution < 1.29 is 4.42 Å². The second-order valence-corrected chi connectivity index (χ2v) is 15.3. The molecule has 0 radical (unpaired) electrons. The zero-order valence-corrected chi connectivity index (χ0v) is 30.8. The number of rotatable bonds is 4. The average molecular weight is 718 g/mol. The van der Waals surface area contributed by atoms with Crippen molar-refractivity contribution in [3.05, 3.63) is 198 Å². The maximum atomic E-state index is 6.74. The molecule has 264 valence electrons. The molecule has 1 aliphatic heterocycles. The second-order valence-electron chi connectivity index (χ2n) is 15.3. The van der Waals surface area contributed by atoms with Gasteiger partial charge in [0, 0.05) is 49.6 Å². The molecule has 0 fully saturated rings. The Kier molecular flexibility index (Phi) is 6.50. The molecule has 7 aromatic carbocycles. The lowest BCUT2D eigenvalue weighted by atomic mass is 9.73. The summed E-state index contributed by atoms with van der Waals surface area (Å²) in [5, 5.41) is 4.74. The lowest BCUT2D eigenvalue weighted by Crippen LogP contribution is -2.31. The van der Waals surface area contributed by atoms with Crippen LogP contribution in [0.3, 0.4) is 0 Å². The predicted molar refractivity (Wildman–Crippen MR) is 231 cm³/mol. The van der Waals surface area contributed by atoms with Gasteiger partial charge in [0.1, 0.15) is 5.58 Å². The molecule has 1 unspecified atom stereocenters. The first-order valence-electron chi connectivity index (χ1n) is 19.3. The number of allylic oxidation sites excluding steroid dienone is 1. The van der Waals surface area contributed by atoms with Crippen LogP contribution in [0.5, 0.6) is 0 Å². The van der Waals surface area contributed by atoms with Gasteiger partial charge >= 0.3 is 0 Å². The van der Waals surface area contributed by atoms with Crippen LogP contribution in [0.4, 0.5) is 11.4 Å². The van der Waals surface area contributed by atoms with Gasteiger partial charge in [-0.05, 0) is 90.2 Å². The van der Waals surface area contributed by atoms with E-state index in [0.717, 1.165) is 67.6 Å². The third-order valence-corrected chi connectivity index (χ3v) is 12.2. The minimum atomic E-state index is -0.275. The normalized spacial score (nSPS) is 16.0. The van der Waals surface area contributed by atoms with Crippen molar-refractivity contribution in [2.24, 2.45) is 0 Å². The zero-order chi connectivity index (χ0) is 37.0. The van der Waals surface area contributed by atoms with Crippen LogP contribution >= 0.6 is 0 Å². The lowest BCUT2D eigenvalue weighted by Gasteiger charge is -2.34. The minimum Gasteiger partial charge on any atom is -0.454 e. The van der Waals surface area contributed by atoms with Gasteiger partial charge in [0.15, 0.2) is 5.58 Å². The van der Waals surface area contributed by atoms with Crippen molar-refractivity contribution in [3.8, 4) is 28.1 Å². The zero-order valence-electron chi connectivity index (χ0n) is 30.8. The lowest BCUT2D eigenvalue weighted by molar-refractivity contribution is 0.567. The van der Waals surface area contributed by atoms with Gasteiger partial charge < -0.3 is 13.9 Å². The summed E-state index contributed by atoms with van der Waals surface area (Å²) in [6, 6.07) is 62.9. The van der Waals surface area contributed by atoms with Crippen LogP contribution in [0.1, 0.15) is 23.7 Å². The topological polar surface area (TPSA) is 34.2 Å². The van der Waals surface area contributed by atoms with Gasteiger partial charge in [-0.2, -0.15) is 0 Å². The summed E-state index contributed by atoms with van der Waals surface area (Å²) in [4.78, 5) is 7.61. The van der Waals surface area contributed by atoms with Crippen LogP contribution in [0.15, 0.2) is 186 Å². The highest BCUT2D eigenvalue weighted by Gasteiger charge is 2.49. The van der Waals surface area contributed by atoms with Crippen molar-refractivity contribution in [1.82, 2.24) is 9.55 Å². The fraction of sp³-hybridized carbons (Fsp3) is 0.0577. The van der Waals surface area contributed by atoms with E-state index in [-0.39, 0.29) is 5.41 Å². The number of hydrogen-bond acceptors (Lipinski definition) is 3. The standard InChI is InChI=1S/C52H35N3O/c1-52-32-42-38-19-9-12-22-46(38)54(36-26-24-34(25-27-36)45-30-41(33-14-4-2-5-15-33)37-18-8-11-21-44(37)53-45)47(42)31-49(52)55(35-16-6-3-7-17-35)50-43(52)29-28-40-39-20-10-13-23-48(39)56-51(40)50/h2-31H,32H2,1H3. The van der Waals surface area contributed by atoms with Gasteiger partial charge in [-0.25, -0.2) is 4.98 Å². The van der Waals surface area contributed by atoms with Crippen molar-refractivity contribution in [3.63, 3.8) is 0 Å². The number of aromatic nitrogens is 2. The first-order chi connectivity index (χ1) is 27.6. The van der Waals surface area contributed by atoms with Crippen LogP contribution in [0.2, 0.25) is 0 Å². The molecule has 0 amide bonds. The van der Waals surface area contributed by atoms with E-state index in [9.17, 15) is 0 Å². The predicted octanol–water partition coefficient (Wildman–Crippen LogP) is 13.4. The summed E-state index contributed by atoms with van der Waals surface area (Å²) in [6.45, 7) is 2.42. The SMILES string of the molecule is CC12Cc3c(n(-c4ccc(-c5cc(-c6ccccc6)c6ccccc6n5)cc4)c4ccccc34)C=C1N(c1ccccc1)c1c2ccc2c1oc1ccccc12. The number of benzene rings is 7. The van der Waals surface area contributed by atoms with Crippen LogP contribution in [0, 0.1) is 0 Å². The monoisotopic (exact) mass is 717 g/mol. The molecule has 0 saturated heterocycles. The molecule has 1 atom stereocenters. The van der Waals surface area contributed by atoms with Crippen LogP contribution in [-0.2, 0) is 11.8 Å². The third kappa shape index (κ3) is 4.38. The smallest absolute Gasteiger partial charge is 0.159 e. The van der Waals surface area contributed by atoms with E-state index in [0.29, 0.717) is 0 Å². The van der Waals surface area contributed by atoms with E-state index in [1.165, 1.54) is 44.5 Å². The van der Waals surface area contributed by atoms with Crippen molar-refractivity contribution >= 4 is 61.2 Å². The molecule has 2 aliphatic rings. The fourth-order valence-electron chi connectivity index (χ4n) is 9.59. The Balaban J connectivity index is 1.04. The molecular weight excluding hydrogens is 683 g/mol. The van der Waals surface area contributed by atoms with Gasteiger partial charge in [-0.15, -0.1) is 0 Å². The van der Waals surface area contributed by atoms with Crippen LogP contribution < -0.4 is 4.90 Å². The number of fused-ring (bicyclic) bond motifs is 11. The van der Waals surface area contributed by atoms with E-state index in [1.54, 1.807) is 0 Å². The molecule has 4 nitrogen and oxygen atoms in total. The van der Waals surface area contributed by atoms with Crippen molar-refractivity contribution in [1.29, 1.82) is 0 Å². The van der Waals surface area contributed by atoms with E-state index >= 15 is 0 Å². The third-order valence-electron chi connectivity index (χ3n) is 12.2. The Morgan fingerprint density at radius 2 is 1.29 bits per heavy atom. The largest absolute Gasteiger partial charge is 0.454 e. The second kappa shape index (κ2) is 11.7. The molecule has 0 saturated carbocycles. The van der Waals surface area contributed by atoms with Gasteiger partial charge in [0.05, 0.1) is 28.1 Å². The first-order valence-corrected chi connectivity index (χ1v) is 19.3. The van der Waals surface area contributed by atoms with Gasteiger partial charge in [0.2, 0.25) is 0 Å². The van der Waals surface area contributed by atoms with Crippen LogP contribution in [-0.4, -0.2) is 9.55 Å². The molecule has 1 aliphatic carbocycles. The summed E-state index contributed by atoms with van der Waals surface area (Å²) >= 11 is 0. The summed E-state index contributed by atoms with van der Waals surface area (Å²) in [6.07, 6.45) is 3.32. The van der Waals surface area contributed by atoms with Gasteiger partial charge in [-0.1, -0.05) is 127 Å². The Labute approximate surface area is 324 Å². The van der Waals surface area contributed by atoms with E-state index < -0.39 is 0 Å². The van der Waals surface area contributed by atoms with Gasteiger partial charge in [0.25, 0.3) is 0 Å². The van der Waals surface area contributed by atoms with E-state index in [1.807, 2.05) is 0 Å². The highest BCUT2D eigenvalue weighted by atomic mass is 16.3. The summed E-state index contributed by atoms with van der Waals surface area (Å²) in [5.41, 5.74) is 16.7. The summed E-state index contributed by atoms with van der Waals surface area (Å²) in [5.74, 6) is 0. The average Bonchev–Trinajstić information content (AvgIpc) is 3.88. The highest BCUT2D eigenvalue weighted by Crippen LogP contribution is 2.59. The van der Waals surface area contributed by atoms with Crippen LogP contribution in [0.25, 0.3) is 77.9 Å². The molecule has 0 N–H and O–H groups in total. The number of anilines is 2. The van der Waals surface area contributed by atoms with Crippen molar-refractivity contribution in [2.75, 3.05) is 4.90 Å². The number of hydrogen-bond donors (Lipinski definition) is 0. The molecule has 56 heavy (non-hydrogen) atoms. The molecule has 12 rings (SSSR count). The maximum Gasteiger partial charge on any atom is 0.159 e. The molecule has 0 spiro atoms. The number of para-hydroxylation sites is 4. The molecule has 4 heteroatoms. The summed E-state index contributed by atoms with van der Waals surface area (Å²) in [7, 11) is 0. The van der Waals surface area contributed by atoms with E-state index in [4.69, 9.17) is 9.40 Å². The number of nitrogens with zero attached hydrogens (tertiary/aromatic N) is 3. The molecule has 4 heterocycles. The number of furan rings is 1. The Morgan fingerprint density at radius 3 is 2.11 bits per heavy atom. The molecule has 0 bridgehead atoms. The Bertz CT molecular complexity index is 3230. The minimum absolute atomic E-state index is 0.275. The van der Waals surface area contributed by atoms with Crippen molar-refractivity contribution in [2.45, 2.75) is 18.8 Å².